The number of amides is 1. The summed E-state index contributed by atoms with van der Waals surface area (Å²) in [4.78, 5) is 24.2. The molecule has 0 aliphatic carbocycles. The zero-order valence-corrected chi connectivity index (χ0v) is 15.0. The minimum Gasteiger partial charge on any atom is -0.479 e. The summed E-state index contributed by atoms with van der Waals surface area (Å²) in [6, 6.07) is 15.0. The third kappa shape index (κ3) is 5.50. The van der Waals surface area contributed by atoms with Crippen LogP contribution in [-0.4, -0.2) is 24.1 Å². The van der Waals surface area contributed by atoms with Crippen LogP contribution < -0.4 is 10.1 Å². The maximum atomic E-state index is 12.1. The van der Waals surface area contributed by atoms with Crippen molar-refractivity contribution in [1.29, 1.82) is 5.26 Å². The number of nitrogens with zero attached hydrogens (tertiary/aromatic N) is 1. The second kappa shape index (κ2) is 8.88. The van der Waals surface area contributed by atoms with E-state index in [1.54, 1.807) is 48.5 Å². The molecule has 1 amide bonds. The molecule has 0 heterocycles. The molecule has 2 aromatic rings. The van der Waals surface area contributed by atoms with Crippen LogP contribution in [0, 0.1) is 11.3 Å². The molecule has 0 spiro atoms. The topological polar surface area (TPSA) is 88.4 Å². The normalized spacial score (nSPS) is 12.4. The lowest BCUT2D eigenvalue weighted by Gasteiger charge is -2.18. The van der Waals surface area contributed by atoms with Crippen LogP contribution >= 0.6 is 11.6 Å². The molecule has 26 heavy (non-hydrogen) atoms. The summed E-state index contributed by atoms with van der Waals surface area (Å²) >= 11 is 5.86. The largest absolute Gasteiger partial charge is 0.479 e. The number of esters is 1. The van der Waals surface area contributed by atoms with Gasteiger partial charge in [0.2, 0.25) is 0 Å². The fraction of sp³-hybridized carbons (Fsp3) is 0.211. The lowest BCUT2D eigenvalue weighted by molar-refractivity contribution is -0.159. The number of rotatable bonds is 6. The van der Waals surface area contributed by atoms with E-state index in [4.69, 9.17) is 26.3 Å². The van der Waals surface area contributed by atoms with Crippen molar-refractivity contribution in [3.63, 3.8) is 0 Å². The van der Waals surface area contributed by atoms with E-state index in [0.717, 1.165) is 0 Å². The number of halogens is 1. The highest BCUT2D eigenvalue weighted by molar-refractivity contribution is 6.30. The highest BCUT2D eigenvalue weighted by Gasteiger charge is 2.23. The van der Waals surface area contributed by atoms with Crippen molar-refractivity contribution >= 4 is 29.2 Å². The molecule has 0 radical (unpaired) electrons. The van der Waals surface area contributed by atoms with Crippen molar-refractivity contribution < 1.29 is 19.1 Å². The smallest absolute Gasteiger partial charge is 0.347 e. The molecule has 2 aromatic carbocycles. The Kier molecular flexibility index (Phi) is 6.59. The summed E-state index contributed by atoms with van der Waals surface area (Å²) < 4.78 is 10.6. The SMILES string of the molecule is C[C@H](Oc1ccc(C#N)cc1)C(=O)O[C@H](C)C(=O)Nc1cccc(Cl)c1. The van der Waals surface area contributed by atoms with Gasteiger partial charge in [-0.05, 0) is 56.3 Å². The van der Waals surface area contributed by atoms with Gasteiger partial charge in [-0.25, -0.2) is 4.79 Å². The Labute approximate surface area is 156 Å². The maximum absolute atomic E-state index is 12.1. The third-order valence-electron chi connectivity index (χ3n) is 3.38. The average molecular weight is 373 g/mol. The van der Waals surface area contributed by atoms with Crippen LogP contribution in [0.3, 0.4) is 0 Å². The van der Waals surface area contributed by atoms with Crippen molar-refractivity contribution in [1.82, 2.24) is 0 Å². The van der Waals surface area contributed by atoms with Gasteiger partial charge >= 0.3 is 5.97 Å². The zero-order chi connectivity index (χ0) is 19.1. The lowest BCUT2D eigenvalue weighted by atomic mass is 10.2. The highest BCUT2D eigenvalue weighted by atomic mass is 35.5. The number of nitriles is 1. The molecule has 2 atom stereocenters. The Morgan fingerprint density at radius 1 is 1.12 bits per heavy atom. The summed E-state index contributed by atoms with van der Waals surface area (Å²) in [6.07, 6.45) is -1.92. The molecule has 0 saturated carbocycles. The van der Waals surface area contributed by atoms with Crippen LogP contribution in [0.25, 0.3) is 0 Å². The number of anilines is 1. The highest BCUT2D eigenvalue weighted by Crippen LogP contribution is 2.16. The maximum Gasteiger partial charge on any atom is 0.347 e. The standard InChI is InChI=1S/C19H17ClN2O4/c1-12(18(23)22-16-5-3-4-15(20)10-16)26-19(24)13(2)25-17-8-6-14(11-21)7-9-17/h3-10,12-13H,1-2H3,(H,22,23)/t12-,13+/m1/s1. The van der Waals surface area contributed by atoms with E-state index < -0.39 is 24.1 Å². The summed E-state index contributed by atoms with van der Waals surface area (Å²) in [5, 5.41) is 11.9. The molecular weight excluding hydrogens is 356 g/mol. The molecule has 0 fully saturated rings. The number of ether oxygens (including phenoxy) is 2. The first-order valence-corrected chi connectivity index (χ1v) is 8.20. The van der Waals surface area contributed by atoms with Gasteiger partial charge in [0.15, 0.2) is 12.2 Å². The first-order valence-electron chi connectivity index (χ1n) is 7.83. The Hall–Kier alpha value is -3.04. The quantitative estimate of drug-likeness (QED) is 0.783. The molecule has 0 bridgehead atoms. The van der Waals surface area contributed by atoms with E-state index >= 15 is 0 Å². The average Bonchev–Trinajstić information content (AvgIpc) is 2.62. The van der Waals surface area contributed by atoms with Gasteiger partial charge in [0.05, 0.1) is 11.6 Å². The van der Waals surface area contributed by atoms with Crippen LogP contribution in [0.2, 0.25) is 5.02 Å². The van der Waals surface area contributed by atoms with Gasteiger partial charge in [0.1, 0.15) is 5.75 Å². The van der Waals surface area contributed by atoms with Gasteiger partial charge in [0, 0.05) is 10.7 Å². The number of carbonyl (C=O) groups excluding carboxylic acids is 2. The summed E-state index contributed by atoms with van der Waals surface area (Å²) in [5.74, 6) is -0.737. The van der Waals surface area contributed by atoms with Crippen molar-refractivity contribution in [3.8, 4) is 11.8 Å². The summed E-state index contributed by atoms with van der Waals surface area (Å²) in [6.45, 7) is 2.98. The Morgan fingerprint density at radius 3 is 2.42 bits per heavy atom. The van der Waals surface area contributed by atoms with Crippen LogP contribution in [0.5, 0.6) is 5.75 Å². The Balaban J connectivity index is 1.88. The van der Waals surface area contributed by atoms with Crippen molar-refractivity contribution in [3.05, 3.63) is 59.1 Å². The molecule has 7 heteroatoms. The van der Waals surface area contributed by atoms with Gasteiger partial charge in [-0.2, -0.15) is 5.26 Å². The van der Waals surface area contributed by atoms with E-state index in [1.807, 2.05) is 6.07 Å². The predicted octanol–water partition coefficient (Wildman–Crippen LogP) is 3.55. The van der Waals surface area contributed by atoms with E-state index in [2.05, 4.69) is 5.32 Å². The van der Waals surface area contributed by atoms with Gasteiger partial charge in [0.25, 0.3) is 5.91 Å². The first kappa shape index (κ1) is 19.3. The molecule has 0 saturated heterocycles. The fourth-order valence-electron chi connectivity index (χ4n) is 1.99. The molecule has 6 nitrogen and oxygen atoms in total. The van der Waals surface area contributed by atoms with Crippen molar-refractivity contribution in [2.45, 2.75) is 26.1 Å². The molecule has 0 aliphatic rings. The molecule has 2 rings (SSSR count). The predicted molar refractivity (Wildman–Crippen MR) is 96.9 cm³/mol. The van der Waals surface area contributed by atoms with Gasteiger partial charge < -0.3 is 14.8 Å². The molecular formula is C19H17ClN2O4. The minimum atomic E-state index is -1.01. The van der Waals surface area contributed by atoms with Crippen LogP contribution in [-0.2, 0) is 14.3 Å². The number of hydrogen-bond donors (Lipinski definition) is 1. The molecule has 0 aromatic heterocycles. The minimum absolute atomic E-state index is 0.421. The number of benzene rings is 2. The monoisotopic (exact) mass is 372 g/mol. The van der Waals surface area contributed by atoms with E-state index in [0.29, 0.717) is 22.0 Å². The summed E-state index contributed by atoms with van der Waals surface area (Å²) in [5.41, 5.74) is 0.992. The fourth-order valence-corrected chi connectivity index (χ4v) is 2.18. The lowest BCUT2D eigenvalue weighted by Crippen LogP contribution is -2.35. The van der Waals surface area contributed by atoms with Gasteiger partial charge in [-0.1, -0.05) is 17.7 Å². The zero-order valence-electron chi connectivity index (χ0n) is 14.2. The number of carbonyl (C=O) groups is 2. The van der Waals surface area contributed by atoms with Crippen molar-refractivity contribution in [2.75, 3.05) is 5.32 Å². The Bertz CT molecular complexity index is 830. The van der Waals surface area contributed by atoms with E-state index in [9.17, 15) is 9.59 Å². The van der Waals surface area contributed by atoms with E-state index in [1.165, 1.54) is 13.8 Å². The third-order valence-corrected chi connectivity index (χ3v) is 3.62. The van der Waals surface area contributed by atoms with E-state index in [-0.39, 0.29) is 0 Å². The molecule has 0 unspecified atom stereocenters. The van der Waals surface area contributed by atoms with Gasteiger partial charge in [-0.3, -0.25) is 4.79 Å². The summed E-state index contributed by atoms with van der Waals surface area (Å²) in [7, 11) is 0. The second-order valence-electron chi connectivity index (χ2n) is 5.47. The number of hydrogen-bond acceptors (Lipinski definition) is 5. The molecule has 134 valence electrons. The second-order valence-corrected chi connectivity index (χ2v) is 5.91. The van der Waals surface area contributed by atoms with Crippen LogP contribution in [0.15, 0.2) is 48.5 Å². The van der Waals surface area contributed by atoms with Crippen LogP contribution in [0.1, 0.15) is 19.4 Å². The molecule has 0 aliphatic heterocycles. The number of nitrogens with one attached hydrogen (secondary N) is 1. The van der Waals surface area contributed by atoms with Gasteiger partial charge in [-0.15, -0.1) is 0 Å². The first-order chi connectivity index (χ1) is 12.4. The van der Waals surface area contributed by atoms with Crippen LogP contribution in [0.4, 0.5) is 5.69 Å². The molecule has 1 N–H and O–H groups in total. The van der Waals surface area contributed by atoms with Crippen molar-refractivity contribution in [2.24, 2.45) is 0 Å². The Morgan fingerprint density at radius 2 is 1.81 bits per heavy atom.